The Morgan fingerprint density at radius 2 is 1.80 bits per heavy atom. The van der Waals surface area contributed by atoms with Crippen molar-refractivity contribution >= 4 is 34.9 Å². The lowest BCUT2D eigenvalue weighted by molar-refractivity contribution is -0.295. The number of hydrogen-bond acceptors (Lipinski definition) is 13. The lowest BCUT2D eigenvalue weighted by atomic mass is 9.74. The zero-order valence-corrected chi connectivity index (χ0v) is 32.4. The van der Waals surface area contributed by atoms with Gasteiger partial charge in [-0.25, -0.2) is 0 Å². The van der Waals surface area contributed by atoms with Gasteiger partial charge in [-0.05, 0) is 84.7 Å². The van der Waals surface area contributed by atoms with Gasteiger partial charge >= 0.3 is 5.97 Å². The summed E-state index contributed by atoms with van der Waals surface area (Å²) < 4.78 is 24.7. The number of nitrogens with zero attached hydrogens (tertiary/aromatic N) is 2. The van der Waals surface area contributed by atoms with Crippen molar-refractivity contribution in [2.24, 2.45) is 28.8 Å². The Hall–Kier alpha value is -2.23. The predicted molar refractivity (Wildman–Crippen MR) is 193 cm³/mol. The zero-order chi connectivity index (χ0) is 37.6. The Morgan fingerprint density at radius 3 is 2.38 bits per heavy atom. The van der Waals surface area contributed by atoms with Gasteiger partial charge in [0.1, 0.15) is 30.3 Å². The molecule has 3 heterocycles. The summed E-state index contributed by atoms with van der Waals surface area (Å²) in [4.78, 5) is 36.4. The van der Waals surface area contributed by atoms with Gasteiger partial charge < -0.3 is 44.0 Å². The van der Waals surface area contributed by atoms with E-state index in [1.807, 2.05) is 69.4 Å². The standard InChI is InChI=1S/C37H60N2O10S/c1-12-28-37(8,44)32(42)23(4)29(38-46-17-13-15-26-16-14-18-50-26)21(2)20-36(7,45-11)33(24(5)30(40)25(6)34(43)48-28)49-35-31(41)27(39(9)10)19-22(3)47-35/h13-16,18,21-25,27-28,31-33,35,41-42,44H,12,17,19-20H2,1-11H3/b15-13+,38-29+/t21-,22-,23+,24+,25-,27+,28-,31-,32-,33-,35+,36-,37-/m1/s1. The van der Waals surface area contributed by atoms with Crippen LogP contribution in [0, 0.1) is 23.7 Å². The van der Waals surface area contributed by atoms with Crippen LogP contribution >= 0.6 is 11.3 Å². The third kappa shape index (κ3) is 9.80. The minimum Gasteiger partial charge on any atom is -0.459 e. The number of cyclic esters (lactones) is 1. The molecule has 2 saturated heterocycles. The number of methoxy groups -OCH3 is 1. The van der Waals surface area contributed by atoms with Gasteiger partial charge in [-0.2, -0.15) is 0 Å². The molecule has 2 aliphatic heterocycles. The number of esters is 1. The number of ketones is 1. The van der Waals surface area contributed by atoms with Crippen LogP contribution in [0.1, 0.15) is 79.5 Å². The molecular formula is C37H60N2O10S. The average molecular weight is 725 g/mol. The molecule has 0 aliphatic carbocycles. The fourth-order valence-corrected chi connectivity index (χ4v) is 7.97. The highest BCUT2D eigenvalue weighted by atomic mass is 32.1. The van der Waals surface area contributed by atoms with E-state index in [0.717, 1.165) is 4.88 Å². The van der Waals surface area contributed by atoms with Crippen molar-refractivity contribution in [1.82, 2.24) is 4.90 Å². The van der Waals surface area contributed by atoms with E-state index in [1.54, 1.807) is 32.1 Å². The summed E-state index contributed by atoms with van der Waals surface area (Å²) >= 11 is 1.59. The predicted octanol–water partition coefficient (Wildman–Crippen LogP) is 4.30. The molecule has 1 aromatic heterocycles. The number of carbonyl (C=O) groups is 2. The van der Waals surface area contributed by atoms with Gasteiger partial charge in [-0.1, -0.05) is 38.9 Å². The van der Waals surface area contributed by atoms with Crippen LogP contribution in [-0.4, -0.2) is 120 Å². The first-order valence-electron chi connectivity index (χ1n) is 17.6. The van der Waals surface area contributed by atoms with Crippen molar-refractivity contribution in [3.8, 4) is 0 Å². The molecule has 0 spiro atoms. The Labute approximate surface area is 301 Å². The monoisotopic (exact) mass is 724 g/mol. The summed E-state index contributed by atoms with van der Waals surface area (Å²) in [5.41, 5.74) is -2.67. The number of rotatable bonds is 9. The maximum absolute atomic E-state index is 14.1. The summed E-state index contributed by atoms with van der Waals surface area (Å²) in [6, 6.07) is 3.68. The number of carbonyl (C=O) groups excluding carboxylic acids is 2. The van der Waals surface area contributed by atoms with Gasteiger partial charge in [0.15, 0.2) is 12.1 Å². The molecule has 13 atom stereocenters. The first-order chi connectivity index (χ1) is 23.4. The highest BCUT2D eigenvalue weighted by molar-refractivity contribution is 7.10. The van der Waals surface area contributed by atoms with Crippen LogP contribution in [0.15, 0.2) is 28.7 Å². The molecule has 3 rings (SSSR count). The molecule has 0 radical (unpaired) electrons. The molecule has 1 aromatic rings. The Balaban J connectivity index is 2.11. The van der Waals surface area contributed by atoms with E-state index in [-0.39, 0.29) is 31.6 Å². The molecule has 0 aromatic carbocycles. The Bertz CT molecular complexity index is 1300. The molecule has 0 unspecified atom stereocenters. The third-order valence-electron chi connectivity index (χ3n) is 10.5. The van der Waals surface area contributed by atoms with Gasteiger partial charge in [0.2, 0.25) is 0 Å². The molecule has 0 bridgehead atoms. The summed E-state index contributed by atoms with van der Waals surface area (Å²) in [5, 5.41) is 41.3. The van der Waals surface area contributed by atoms with E-state index in [2.05, 4.69) is 5.16 Å². The number of thiophene rings is 1. The Kier molecular flexibility index (Phi) is 15.2. The number of Topliss-reactive ketones (excluding diaryl/α,β-unsaturated/α-hetero) is 1. The zero-order valence-electron chi connectivity index (χ0n) is 31.6. The average Bonchev–Trinajstić information content (AvgIpc) is 3.59. The molecule has 3 N–H and O–H groups in total. The van der Waals surface area contributed by atoms with Crippen LogP contribution in [-0.2, 0) is 33.4 Å². The van der Waals surface area contributed by atoms with Crippen molar-refractivity contribution in [3.63, 3.8) is 0 Å². The van der Waals surface area contributed by atoms with Gasteiger partial charge in [-0.15, -0.1) is 11.3 Å². The molecule has 13 heteroatoms. The number of ether oxygens (including phenoxy) is 4. The largest absolute Gasteiger partial charge is 0.459 e. The van der Waals surface area contributed by atoms with Crippen LogP contribution < -0.4 is 0 Å². The second kappa shape index (κ2) is 18.0. The summed E-state index contributed by atoms with van der Waals surface area (Å²) in [7, 11) is 5.27. The number of hydrogen-bond donors (Lipinski definition) is 3. The highest BCUT2D eigenvalue weighted by Gasteiger charge is 2.51. The summed E-state index contributed by atoms with van der Waals surface area (Å²) in [6.45, 7) is 13.8. The minimum atomic E-state index is -1.90. The maximum atomic E-state index is 14.1. The number of aliphatic hydroxyl groups excluding tert-OH is 2. The molecular weight excluding hydrogens is 664 g/mol. The number of oxime groups is 1. The van der Waals surface area contributed by atoms with E-state index in [1.165, 1.54) is 21.0 Å². The van der Waals surface area contributed by atoms with E-state index < -0.39 is 77.3 Å². The molecule has 0 amide bonds. The van der Waals surface area contributed by atoms with Crippen molar-refractivity contribution < 1.29 is 48.7 Å². The topological polar surface area (TPSA) is 157 Å². The van der Waals surface area contributed by atoms with Gasteiger partial charge in [0.05, 0.1) is 29.6 Å². The summed E-state index contributed by atoms with van der Waals surface area (Å²) in [5.74, 6) is -4.65. The van der Waals surface area contributed by atoms with E-state index >= 15 is 0 Å². The molecule has 50 heavy (non-hydrogen) atoms. The first kappa shape index (κ1) is 42.2. The maximum Gasteiger partial charge on any atom is 0.316 e. The second-order valence-electron chi connectivity index (χ2n) is 14.7. The van der Waals surface area contributed by atoms with Crippen LogP contribution in [0.2, 0.25) is 0 Å². The van der Waals surface area contributed by atoms with Crippen molar-refractivity contribution in [2.45, 2.75) is 129 Å². The van der Waals surface area contributed by atoms with E-state index in [4.69, 9.17) is 23.8 Å². The van der Waals surface area contributed by atoms with Crippen molar-refractivity contribution in [3.05, 3.63) is 28.5 Å². The van der Waals surface area contributed by atoms with E-state index in [0.29, 0.717) is 12.1 Å². The van der Waals surface area contributed by atoms with Crippen LogP contribution in [0.5, 0.6) is 0 Å². The molecule has 2 fully saturated rings. The fourth-order valence-electron chi connectivity index (χ4n) is 7.32. The SMILES string of the molecule is CC[C@H]1OC(=O)[C@H](C)C(=O)[C@H](C)[C@@H](O[C@@H]2O[C@H](C)C[C@H](N(C)C)[C@H]2O)[C@](C)(OC)C[C@@H](C)/C(=N\OC/C=C/c2cccs2)[C@H](C)[C@@H](O)[C@]1(C)O. The molecule has 12 nitrogen and oxygen atoms in total. The quantitative estimate of drug-likeness (QED) is 0.144. The van der Waals surface area contributed by atoms with Gasteiger partial charge in [0, 0.05) is 35.8 Å². The fraction of sp³-hybridized carbons (Fsp3) is 0.757. The smallest absolute Gasteiger partial charge is 0.316 e. The van der Waals surface area contributed by atoms with Crippen molar-refractivity contribution in [2.75, 3.05) is 27.8 Å². The number of likely N-dealkylation sites (N-methyl/N-ethyl adjacent to an activating group) is 1. The molecule has 0 saturated carbocycles. The van der Waals surface area contributed by atoms with Gasteiger partial charge in [-0.3, -0.25) is 9.59 Å². The lowest BCUT2D eigenvalue weighted by Crippen LogP contribution is -2.60. The highest BCUT2D eigenvalue weighted by Crippen LogP contribution is 2.38. The lowest BCUT2D eigenvalue weighted by Gasteiger charge is -2.47. The van der Waals surface area contributed by atoms with Crippen LogP contribution in [0.3, 0.4) is 0 Å². The Morgan fingerprint density at radius 1 is 1.12 bits per heavy atom. The third-order valence-corrected chi connectivity index (χ3v) is 11.3. The minimum absolute atomic E-state index is 0.154. The second-order valence-corrected chi connectivity index (χ2v) is 15.7. The van der Waals surface area contributed by atoms with Crippen molar-refractivity contribution in [1.29, 1.82) is 0 Å². The molecule has 2 aliphatic rings. The molecule has 284 valence electrons. The summed E-state index contributed by atoms with van der Waals surface area (Å²) in [6.07, 6.45) is -1.18. The number of aliphatic hydroxyl groups is 3. The normalized spacial score (nSPS) is 40.6. The first-order valence-corrected chi connectivity index (χ1v) is 18.5. The van der Waals surface area contributed by atoms with Gasteiger partial charge in [0.25, 0.3) is 0 Å². The van der Waals surface area contributed by atoms with E-state index in [9.17, 15) is 24.9 Å². The van der Waals surface area contributed by atoms with Crippen LogP contribution in [0.4, 0.5) is 0 Å². The van der Waals surface area contributed by atoms with Crippen LogP contribution in [0.25, 0.3) is 6.08 Å².